The molecule has 102 valence electrons. The van der Waals surface area contributed by atoms with Crippen molar-refractivity contribution in [2.45, 2.75) is 39.2 Å². The van der Waals surface area contributed by atoms with Crippen LogP contribution in [0, 0.1) is 5.41 Å². The molecule has 1 heterocycles. The van der Waals surface area contributed by atoms with E-state index in [9.17, 15) is 4.79 Å². The summed E-state index contributed by atoms with van der Waals surface area (Å²) in [6.45, 7) is 6.40. The number of carbonyl (C=O) groups is 1. The molecule has 5 heteroatoms. The van der Waals surface area contributed by atoms with Crippen LogP contribution in [0.15, 0.2) is 0 Å². The van der Waals surface area contributed by atoms with Crippen LogP contribution in [-0.2, 0) is 9.53 Å². The van der Waals surface area contributed by atoms with Crippen molar-refractivity contribution < 1.29 is 9.53 Å². The largest absolute Gasteiger partial charge is 0.383 e. The predicted octanol–water partition coefficient (Wildman–Crippen LogP) is 1.42. The third-order valence-electron chi connectivity index (χ3n) is 3.61. The lowest BCUT2D eigenvalue weighted by Crippen LogP contribution is -2.51. The van der Waals surface area contributed by atoms with Crippen molar-refractivity contribution in [1.82, 2.24) is 4.90 Å². The van der Waals surface area contributed by atoms with Crippen LogP contribution in [0.25, 0.3) is 0 Å². The van der Waals surface area contributed by atoms with Crippen LogP contribution in [0.4, 0.5) is 0 Å². The molecule has 0 aliphatic carbocycles. The molecule has 4 nitrogen and oxygen atoms in total. The highest BCUT2D eigenvalue weighted by molar-refractivity contribution is 5.85. The molecule has 0 spiro atoms. The molecule has 1 aliphatic heterocycles. The molecule has 1 aliphatic rings. The maximum atomic E-state index is 12.0. The molecular formula is C12H25ClN2O2. The van der Waals surface area contributed by atoms with Crippen LogP contribution in [-0.4, -0.2) is 43.7 Å². The molecule has 0 aromatic heterocycles. The normalized spacial score (nSPS) is 26.2. The second-order valence-corrected chi connectivity index (χ2v) is 5.09. The van der Waals surface area contributed by atoms with Gasteiger partial charge in [-0.1, -0.05) is 13.8 Å². The number of hydrogen-bond acceptors (Lipinski definition) is 3. The molecule has 2 N–H and O–H groups in total. The quantitative estimate of drug-likeness (QED) is 0.836. The summed E-state index contributed by atoms with van der Waals surface area (Å²) in [6.07, 6.45) is 3.39. The zero-order valence-electron chi connectivity index (χ0n) is 11.1. The minimum atomic E-state index is -0.510. The van der Waals surface area contributed by atoms with Gasteiger partial charge in [-0.15, -0.1) is 12.4 Å². The van der Waals surface area contributed by atoms with E-state index in [-0.39, 0.29) is 23.7 Å². The number of nitrogens with zero attached hydrogens (tertiary/aromatic N) is 1. The van der Waals surface area contributed by atoms with Crippen molar-refractivity contribution >= 4 is 18.3 Å². The van der Waals surface area contributed by atoms with E-state index in [0.717, 1.165) is 25.9 Å². The number of methoxy groups -OCH3 is 1. The summed E-state index contributed by atoms with van der Waals surface area (Å²) in [4.78, 5) is 13.9. The fourth-order valence-corrected chi connectivity index (χ4v) is 2.28. The molecule has 0 aromatic rings. The van der Waals surface area contributed by atoms with Gasteiger partial charge in [0.25, 0.3) is 0 Å². The number of likely N-dealkylation sites (tertiary alicyclic amines) is 1. The van der Waals surface area contributed by atoms with E-state index in [1.807, 2.05) is 4.90 Å². The van der Waals surface area contributed by atoms with E-state index in [1.54, 1.807) is 7.11 Å². The summed E-state index contributed by atoms with van der Waals surface area (Å²) < 4.78 is 4.92. The Balaban J connectivity index is 0.00000256. The maximum Gasteiger partial charge on any atom is 0.241 e. The zero-order valence-corrected chi connectivity index (χ0v) is 11.9. The lowest BCUT2D eigenvalue weighted by molar-refractivity contribution is -0.137. The summed E-state index contributed by atoms with van der Waals surface area (Å²) in [5.74, 6) is 0.0289. The lowest BCUT2D eigenvalue weighted by Gasteiger charge is -2.40. The van der Waals surface area contributed by atoms with Gasteiger partial charge in [0.1, 0.15) is 6.04 Å². The first-order valence-electron chi connectivity index (χ1n) is 6.06. The maximum absolute atomic E-state index is 12.0. The standard InChI is InChI=1S/C12H24N2O2.ClH/c1-4-12(2)6-5-7-14(9-12)11(15)10(13)8-16-3;/h10H,4-9,13H2,1-3H3;1H. The highest BCUT2D eigenvalue weighted by atomic mass is 35.5. The molecule has 17 heavy (non-hydrogen) atoms. The smallest absolute Gasteiger partial charge is 0.241 e. The van der Waals surface area contributed by atoms with Gasteiger partial charge in [-0.3, -0.25) is 4.79 Å². The molecule has 1 saturated heterocycles. The van der Waals surface area contributed by atoms with Crippen LogP contribution in [0.2, 0.25) is 0 Å². The van der Waals surface area contributed by atoms with Gasteiger partial charge in [-0.2, -0.15) is 0 Å². The monoisotopic (exact) mass is 264 g/mol. The Morgan fingerprint density at radius 3 is 2.76 bits per heavy atom. The van der Waals surface area contributed by atoms with E-state index < -0.39 is 6.04 Å². The van der Waals surface area contributed by atoms with Gasteiger partial charge in [0.15, 0.2) is 0 Å². The molecule has 1 rings (SSSR count). The second-order valence-electron chi connectivity index (χ2n) is 5.09. The van der Waals surface area contributed by atoms with Gasteiger partial charge < -0.3 is 15.4 Å². The van der Waals surface area contributed by atoms with Gasteiger partial charge in [-0.05, 0) is 24.7 Å². The average Bonchev–Trinajstić information content (AvgIpc) is 2.28. The fourth-order valence-electron chi connectivity index (χ4n) is 2.28. The van der Waals surface area contributed by atoms with Gasteiger partial charge in [-0.25, -0.2) is 0 Å². The van der Waals surface area contributed by atoms with E-state index in [0.29, 0.717) is 6.61 Å². The average molecular weight is 265 g/mol. The second kappa shape index (κ2) is 7.19. The van der Waals surface area contributed by atoms with Crippen LogP contribution >= 0.6 is 12.4 Å². The fraction of sp³-hybridized carbons (Fsp3) is 0.917. The first-order valence-corrected chi connectivity index (χ1v) is 6.06. The Kier molecular flexibility index (Phi) is 7.05. The third kappa shape index (κ3) is 4.45. The highest BCUT2D eigenvalue weighted by Gasteiger charge is 2.33. The summed E-state index contributed by atoms with van der Waals surface area (Å²) in [5.41, 5.74) is 6.04. The van der Waals surface area contributed by atoms with E-state index in [4.69, 9.17) is 10.5 Å². The van der Waals surface area contributed by atoms with Gasteiger partial charge >= 0.3 is 0 Å². The molecule has 1 fully saturated rings. The molecule has 0 saturated carbocycles. The van der Waals surface area contributed by atoms with Crippen molar-refractivity contribution in [3.63, 3.8) is 0 Å². The summed E-state index contributed by atoms with van der Waals surface area (Å²) in [7, 11) is 1.57. The number of nitrogens with two attached hydrogens (primary N) is 1. The van der Waals surface area contributed by atoms with Crippen LogP contribution in [0.5, 0.6) is 0 Å². The number of halogens is 1. The van der Waals surface area contributed by atoms with Crippen LogP contribution in [0.1, 0.15) is 33.1 Å². The predicted molar refractivity (Wildman–Crippen MR) is 71.3 cm³/mol. The summed E-state index contributed by atoms with van der Waals surface area (Å²) in [5, 5.41) is 0. The number of rotatable bonds is 4. The number of carbonyl (C=O) groups excluding carboxylic acids is 1. The minimum Gasteiger partial charge on any atom is -0.383 e. The molecule has 2 unspecified atom stereocenters. The highest BCUT2D eigenvalue weighted by Crippen LogP contribution is 2.32. The number of ether oxygens (including phenoxy) is 1. The molecule has 1 amide bonds. The Morgan fingerprint density at radius 1 is 1.59 bits per heavy atom. The van der Waals surface area contributed by atoms with Crippen molar-refractivity contribution in [2.24, 2.45) is 11.1 Å². The molecular weight excluding hydrogens is 240 g/mol. The van der Waals surface area contributed by atoms with E-state index in [1.165, 1.54) is 6.42 Å². The van der Waals surface area contributed by atoms with Crippen LogP contribution < -0.4 is 5.73 Å². The lowest BCUT2D eigenvalue weighted by atomic mass is 9.79. The zero-order chi connectivity index (χ0) is 12.2. The van der Waals surface area contributed by atoms with Gasteiger partial charge in [0, 0.05) is 20.2 Å². The summed E-state index contributed by atoms with van der Waals surface area (Å²) >= 11 is 0. The number of amides is 1. The van der Waals surface area contributed by atoms with E-state index >= 15 is 0 Å². The van der Waals surface area contributed by atoms with Crippen molar-refractivity contribution in [3.05, 3.63) is 0 Å². The molecule has 0 radical (unpaired) electrons. The third-order valence-corrected chi connectivity index (χ3v) is 3.61. The van der Waals surface area contributed by atoms with Gasteiger partial charge in [0.05, 0.1) is 6.61 Å². The van der Waals surface area contributed by atoms with Gasteiger partial charge in [0.2, 0.25) is 5.91 Å². The van der Waals surface area contributed by atoms with Crippen LogP contribution in [0.3, 0.4) is 0 Å². The first-order chi connectivity index (χ1) is 7.52. The Morgan fingerprint density at radius 2 is 2.24 bits per heavy atom. The van der Waals surface area contributed by atoms with Crippen molar-refractivity contribution in [2.75, 3.05) is 26.8 Å². The Hall–Kier alpha value is -0.320. The topological polar surface area (TPSA) is 55.6 Å². The Labute approximate surface area is 110 Å². The van der Waals surface area contributed by atoms with Crippen molar-refractivity contribution in [3.8, 4) is 0 Å². The SMILES string of the molecule is CCC1(C)CCCN(C(=O)C(N)COC)C1.Cl. The molecule has 0 aromatic carbocycles. The minimum absolute atomic E-state index is 0. The summed E-state index contributed by atoms with van der Waals surface area (Å²) in [6, 6.07) is -0.510. The number of hydrogen-bond donors (Lipinski definition) is 1. The number of piperidine rings is 1. The van der Waals surface area contributed by atoms with E-state index in [2.05, 4.69) is 13.8 Å². The van der Waals surface area contributed by atoms with Crippen molar-refractivity contribution in [1.29, 1.82) is 0 Å². The molecule has 0 bridgehead atoms. The molecule has 2 atom stereocenters. The first kappa shape index (κ1) is 16.7. The Bertz CT molecular complexity index is 251.